The van der Waals surface area contributed by atoms with Gasteiger partial charge in [0.25, 0.3) is 0 Å². The molecule has 0 radical (unpaired) electrons. The second-order valence-electron chi connectivity index (χ2n) is 6.80. The average Bonchev–Trinajstić information content (AvgIpc) is 2.67. The third kappa shape index (κ3) is 4.38. The number of ether oxygens (including phenoxy) is 1. The van der Waals surface area contributed by atoms with Crippen LogP contribution in [0.3, 0.4) is 0 Å². The molecule has 1 atom stereocenters. The van der Waals surface area contributed by atoms with Crippen molar-refractivity contribution < 1.29 is 9.53 Å². The number of benzene rings is 1. The van der Waals surface area contributed by atoms with E-state index in [1.54, 1.807) is 7.11 Å². The molecule has 1 N–H and O–H groups in total. The van der Waals surface area contributed by atoms with Gasteiger partial charge in [-0.2, -0.15) is 0 Å². The molecule has 2 aliphatic rings. The van der Waals surface area contributed by atoms with E-state index in [0.29, 0.717) is 12.6 Å². The van der Waals surface area contributed by atoms with Gasteiger partial charge in [-0.25, -0.2) is 0 Å². The maximum absolute atomic E-state index is 12.4. The number of rotatable bonds is 5. The summed E-state index contributed by atoms with van der Waals surface area (Å²) in [6.45, 7) is 2.67. The second-order valence-corrected chi connectivity index (χ2v) is 6.80. The van der Waals surface area contributed by atoms with Gasteiger partial charge >= 0.3 is 0 Å². The zero-order valence-electron chi connectivity index (χ0n) is 14.5. The van der Waals surface area contributed by atoms with Crippen LogP contribution in [0.2, 0.25) is 0 Å². The van der Waals surface area contributed by atoms with Crippen LogP contribution in [-0.4, -0.2) is 37.0 Å². The Morgan fingerprint density at radius 3 is 2.58 bits per heavy atom. The van der Waals surface area contributed by atoms with Crippen LogP contribution in [0.15, 0.2) is 36.4 Å². The highest BCUT2D eigenvalue weighted by molar-refractivity contribution is 5.78. The Morgan fingerprint density at radius 2 is 1.96 bits per heavy atom. The van der Waals surface area contributed by atoms with E-state index in [1.807, 2.05) is 24.3 Å². The Morgan fingerprint density at radius 1 is 1.21 bits per heavy atom. The van der Waals surface area contributed by atoms with Gasteiger partial charge < -0.3 is 10.1 Å². The normalized spacial score (nSPS) is 22.3. The fourth-order valence-electron chi connectivity index (χ4n) is 3.67. The highest BCUT2D eigenvalue weighted by Gasteiger charge is 2.27. The minimum atomic E-state index is 0.159. The highest BCUT2D eigenvalue weighted by Crippen LogP contribution is 2.24. The molecule has 1 saturated heterocycles. The number of hydrogen-bond donors (Lipinski definition) is 1. The van der Waals surface area contributed by atoms with Crippen molar-refractivity contribution in [3.63, 3.8) is 0 Å². The van der Waals surface area contributed by atoms with Crippen molar-refractivity contribution in [1.82, 2.24) is 10.2 Å². The molecule has 4 nitrogen and oxygen atoms in total. The summed E-state index contributed by atoms with van der Waals surface area (Å²) >= 11 is 0. The van der Waals surface area contributed by atoms with Gasteiger partial charge in [0.2, 0.25) is 5.91 Å². The number of allylic oxidation sites excluding steroid dienone is 1. The summed E-state index contributed by atoms with van der Waals surface area (Å²) in [4.78, 5) is 15.0. The van der Waals surface area contributed by atoms with Crippen LogP contribution in [-0.2, 0) is 11.3 Å². The van der Waals surface area contributed by atoms with Gasteiger partial charge in [0.1, 0.15) is 5.75 Å². The molecule has 1 aromatic rings. The van der Waals surface area contributed by atoms with E-state index in [0.717, 1.165) is 37.2 Å². The van der Waals surface area contributed by atoms with Crippen LogP contribution in [0.25, 0.3) is 0 Å². The first-order chi connectivity index (χ1) is 11.8. The van der Waals surface area contributed by atoms with Gasteiger partial charge in [-0.3, -0.25) is 9.69 Å². The highest BCUT2D eigenvalue weighted by atomic mass is 16.5. The molecule has 0 saturated carbocycles. The Bertz CT molecular complexity index is 560. The van der Waals surface area contributed by atoms with Crippen LogP contribution in [0, 0.1) is 5.92 Å². The fourth-order valence-corrected chi connectivity index (χ4v) is 3.67. The standard InChI is InChI=1S/C20H28N2O2/c1-24-19-9-7-16(8-10-19)15-21-20(23)17-11-13-22(14-12-17)18-5-3-2-4-6-18/h3,5,7-10,17-18H,2,4,6,11-15H2,1H3,(H,21,23). The molecule has 3 rings (SSSR count). The molecular weight excluding hydrogens is 300 g/mol. The Hall–Kier alpha value is -1.81. The third-order valence-corrected chi connectivity index (χ3v) is 5.22. The summed E-state index contributed by atoms with van der Waals surface area (Å²) in [6, 6.07) is 8.45. The molecule has 24 heavy (non-hydrogen) atoms. The lowest BCUT2D eigenvalue weighted by atomic mass is 9.92. The predicted octanol–water partition coefficient (Wildman–Crippen LogP) is 3.13. The maximum atomic E-state index is 12.4. The molecule has 1 aliphatic carbocycles. The van der Waals surface area contributed by atoms with Crippen LogP contribution in [0.4, 0.5) is 0 Å². The van der Waals surface area contributed by atoms with E-state index >= 15 is 0 Å². The van der Waals surface area contributed by atoms with Crippen LogP contribution in [0.5, 0.6) is 5.75 Å². The maximum Gasteiger partial charge on any atom is 0.223 e. The monoisotopic (exact) mass is 328 g/mol. The number of amides is 1. The van der Waals surface area contributed by atoms with Crippen LogP contribution < -0.4 is 10.1 Å². The van der Waals surface area contributed by atoms with Gasteiger partial charge in [-0.1, -0.05) is 24.3 Å². The zero-order chi connectivity index (χ0) is 16.8. The molecule has 0 bridgehead atoms. The van der Waals surface area contributed by atoms with E-state index in [2.05, 4.69) is 22.4 Å². The molecular formula is C20H28N2O2. The lowest BCUT2D eigenvalue weighted by Crippen LogP contribution is -2.44. The number of nitrogens with zero attached hydrogens (tertiary/aromatic N) is 1. The Kier molecular flexibility index (Phi) is 5.91. The molecule has 0 aromatic heterocycles. The molecule has 1 fully saturated rings. The number of carbonyl (C=O) groups excluding carboxylic acids is 1. The molecule has 1 amide bonds. The van der Waals surface area contributed by atoms with Gasteiger partial charge in [0, 0.05) is 18.5 Å². The molecule has 1 heterocycles. The van der Waals surface area contributed by atoms with Crippen LogP contribution in [0.1, 0.15) is 37.7 Å². The van der Waals surface area contributed by atoms with Gasteiger partial charge in [-0.15, -0.1) is 0 Å². The number of methoxy groups -OCH3 is 1. The summed E-state index contributed by atoms with van der Waals surface area (Å²) in [5.41, 5.74) is 1.11. The first-order valence-electron chi connectivity index (χ1n) is 9.07. The first-order valence-corrected chi connectivity index (χ1v) is 9.07. The number of nitrogens with one attached hydrogen (secondary N) is 1. The summed E-state index contributed by atoms with van der Waals surface area (Å²) in [7, 11) is 1.66. The SMILES string of the molecule is COc1ccc(CNC(=O)C2CCN(C3C=CCCC3)CC2)cc1. The summed E-state index contributed by atoms with van der Waals surface area (Å²) in [5.74, 6) is 1.20. The van der Waals surface area contributed by atoms with E-state index in [4.69, 9.17) is 4.74 Å². The van der Waals surface area contributed by atoms with Gasteiger partial charge in [0.05, 0.1) is 7.11 Å². The fraction of sp³-hybridized carbons (Fsp3) is 0.550. The molecule has 0 spiro atoms. The predicted molar refractivity (Wildman–Crippen MR) is 95.9 cm³/mol. The lowest BCUT2D eigenvalue weighted by molar-refractivity contribution is -0.126. The largest absolute Gasteiger partial charge is 0.497 e. The van der Waals surface area contributed by atoms with Crippen molar-refractivity contribution in [3.05, 3.63) is 42.0 Å². The second kappa shape index (κ2) is 8.34. The molecule has 1 unspecified atom stereocenters. The molecule has 4 heteroatoms. The lowest BCUT2D eigenvalue weighted by Gasteiger charge is -2.37. The van der Waals surface area contributed by atoms with Crippen molar-refractivity contribution in [2.45, 2.75) is 44.7 Å². The smallest absolute Gasteiger partial charge is 0.223 e. The molecule has 130 valence electrons. The van der Waals surface area contributed by atoms with Crippen LogP contribution >= 0.6 is 0 Å². The van der Waals surface area contributed by atoms with E-state index in [9.17, 15) is 4.79 Å². The first kappa shape index (κ1) is 17.0. The minimum absolute atomic E-state index is 0.159. The number of piperidine rings is 1. The van der Waals surface area contributed by atoms with E-state index < -0.39 is 0 Å². The van der Waals surface area contributed by atoms with Gasteiger partial charge in [-0.05, 0) is 62.9 Å². The van der Waals surface area contributed by atoms with Crippen molar-refractivity contribution in [3.8, 4) is 5.75 Å². The topological polar surface area (TPSA) is 41.6 Å². The van der Waals surface area contributed by atoms with E-state index in [-0.39, 0.29) is 11.8 Å². The van der Waals surface area contributed by atoms with Crippen molar-refractivity contribution in [2.24, 2.45) is 5.92 Å². The summed E-state index contributed by atoms with van der Waals surface area (Å²) in [5, 5.41) is 3.09. The minimum Gasteiger partial charge on any atom is -0.497 e. The zero-order valence-corrected chi connectivity index (χ0v) is 14.5. The van der Waals surface area contributed by atoms with Crippen molar-refractivity contribution >= 4 is 5.91 Å². The summed E-state index contributed by atoms with van der Waals surface area (Å²) in [6.07, 6.45) is 10.4. The molecule has 1 aromatic carbocycles. The number of hydrogen-bond acceptors (Lipinski definition) is 3. The van der Waals surface area contributed by atoms with Crippen molar-refractivity contribution in [1.29, 1.82) is 0 Å². The number of likely N-dealkylation sites (tertiary alicyclic amines) is 1. The van der Waals surface area contributed by atoms with Crippen molar-refractivity contribution in [2.75, 3.05) is 20.2 Å². The quantitative estimate of drug-likeness (QED) is 0.844. The van der Waals surface area contributed by atoms with Gasteiger partial charge in [0.15, 0.2) is 0 Å². The Labute approximate surface area is 144 Å². The molecule has 1 aliphatic heterocycles. The Balaban J connectivity index is 1.43. The summed E-state index contributed by atoms with van der Waals surface area (Å²) < 4.78 is 5.15. The average molecular weight is 328 g/mol. The number of carbonyl (C=O) groups is 1. The van der Waals surface area contributed by atoms with E-state index in [1.165, 1.54) is 19.3 Å². The third-order valence-electron chi connectivity index (χ3n) is 5.22.